The van der Waals surface area contributed by atoms with E-state index >= 15 is 0 Å². The van der Waals surface area contributed by atoms with Crippen molar-refractivity contribution in [2.75, 3.05) is 5.73 Å². The molecule has 0 spiro atoms. The second-order valence-electron chi connectivity index (χ2n) is 4.94. The molecule has 0 fully saturated rings. The Kier molecular flexibility index (Phi) is 3.07. The largest absolute Gasteiger partial charge is 0.398 e. The van der Waals surface area contributed by atoms with Gasteiger partial charge in [0.1, 0.15) is 0 Å². The van der Waals surface area contributed by atoms with Crippen LogP contribution < -0.4 is 11.3 Å². The number of hydrogen-bond acceptors (Lipinski definition) is 2. The van der Waals surface area contributed by atoms with E-state index in [9.17, 15) is 4.79 Å². The Morgan fingerprint density at radius 1 is 1.21 bits per heavy atom. The highest BCUT2D eigenvalue weighted by Gasteiger charge is 2.15. The van der Waals surface area contributed by atoms with Gasteiger partial charge in [-0.15, -0.1) is 0 Å². The van der Waals surface area contributed by atoms with Crippen LogP contribution in [-0.4, -0.2) is 4.57 Å². The van der Waals surface area contributed by atoms with Crippen molar-refractivity contribution in [3.05, 3.63) is 62.5 Å². The van der Waals surface area contributed by atoms with E-state index in [0.717, 1.165) is 24.8 Å². The number of fused-ring (bicyclic) bond motifs is 1. The molecule has 1 heterocycles. The molecule has 19 heavy (non-hydrogen) atoms. The highest BCUT2D eigenvalue weighted by molar-refractivity contribution is 6.33. The summed E-state index contributed by atoms with van der Waals surface area (Å²) in [6.07, 6.45) is 3.17. The number of benzene rings is 1. The zero-order chi connectivity index (χ0) is 13.4. The topological polar surface area (TPSA) is 48.0 Å². The third-order valence-corrected chi connectivity index (χ3v) is 3.99. The second-order valence-corrected chi connectivity index (χ2v) is 5.35. The normalized spacial score (nSPS) is 13.5. The Morgan fingerprint density at radius 2 is 2.05 bits per heavy atom. The van der Waals surface area contributed by atoms with E-state index in [1.54, 1.807) is 12.1 Å². The summed E-state index contributed by atoms with van der Waals surface area (Å²) in [5.74, 6) is 0. The van der Waals surface area contributed by atoms with Crippen LogP contribution in [-0.2, 0) is 19.4 Å². The molecule has 0 unspecified atom stereocenters. The minimum atomic E-state index is 0.0502. The van der Waals surface area contributed by atoms with Gasteiger partial charge in [0.2, 0.25) is 0 Å². The average molecular weight is 275 g/mol. The number of halogens is 1. The van der Waals surface area contributed by atoms with Crippen molar-refractivity contribution >= 4 is 17.3 Å². The maximum Gasteiger partial charge on any atom is 0.251 e. The number of nitrogens with two attached hydrogens (primary N) is 1. The van der Waals surface area contributed by atoms with E-state index in [-0.39, 0.29) is 5.56 Å². The summed E-state index contributed by atoms with van der Waals surface area (Å²) in [5.41, 5.74) is 9.88. The van der Waals surface area contributed by atoms with Crippen LogP contribution in [0, 0.1) is 0 Å². The minimum Gasteiger partial charge on any atom is -0.398 e. The predicted molar refractivity (Wildman–Crippen MR) is 77.7 cm³/mol. The van der Waals surface area contributed by atoms with Crippen LogP contribution in [0.15, 0.2) is 35.1 Å². The lowest BCUT2D eigenvalue weighted by molar-refractivity contribution is 0.708. The molecule has 0 amide bonds. The predicted octanol–water partition coefficient (Wildman–Crippen LogP) is 2.62. The van der Waals surface area contributed by atoms with Crippen molar-refractivity contribution in [1.82, 2.24) is 4.57 Å². The Balaban J connectivity index is 2.02. The van der Waals surface area contributed by atoms with Gasteiger partial charge < -0.3 is 10.3 Å². The Labute approximate surface area is 116 Å². The molecule has 3 rings (SSSR count). The van der Waals surface area contributed by atoms with Crippen molar-refractivity contribution in [2.45, 2.75) is 25.8 Å². The Hall–Kier alpha value is -1.74. The van der Waals surface area contributed by atoms with Crippen LogP contribution in [0.25, 0.3) is 0 Å². The number of pyridine rings is 1. The van der Waals surface area contributed by atoms with Gasteiger partial charge >= 0.3 is 0 Å². The molecule has 3 nitrogen and oxygen atoms in total. The number of nitrogens with zero attached hydrogens (tertiary/aromatic N) is 1. The summed E-state index contributed by atoms with van der Waals surface area (Å²) >= 11 is 5.92. The van der Waals surface area contributed by atoms with Crippen LogP contribution in [0.4, 0.5) is 5.69 Å². The van der Waals surface area contributed by atoms with Gasteiger partial charge in [0.15, 0.2) is 0 Å². The SMILES string of the molecule is Nc1cc(Cn2c3c(ccc2=O)CCC3)ccc1Cl. The zero-order valence-corrected chi connectivity index (χ0v) is 11.3. The summed E-state index contributed by atoms with van der Waals surface area (Å²) in [6.45, 7) is 0.559. The van der Waals surface area contributed by atoms with Crippen LogP contribution in [0.2, 0.25) is 5.02 Å². The van der Waals surface area contributed by atoms with Crippen LogP contribution in [0.5, 0.6) is 0 Å². The number of nitrogen functional groups attached to an aromatic ring is 1. The Bertz CT molecular complexity index is 691. The fraction of sp³-hybridized carbons (Fsp3) is 0.267. The summed E-state index contributed by atoms with van der Waals surface area (Å²) < 4.78 is 1.85. The molecule has 0 bridgehead atoms. The van der Waals surface area contributed by atoms with Crippen molar-refractivity contribution in [1.29, 1.82) is 0 Å². The van der Waals surface area contributed by atoms with Gasteiger partial charge in [-0.05, 0) is 42.5 Å². The summed E-state index contributed by atoms with van der Waals surface area (Å²) in [4.78, 5) is 12.0. The molecule has 1 aliphatic carbocycles. The van der Waals surface area contributed by atoms with E-state index in [1.165, 1.54) is 11.3 Å². The van der Waals surface area contributed by atoms with Crippen LogP contribution in [0.1, 0.15) is 23.2 Å². The van der Waals surface area contributed by atoms with Crippen LogP contribution >= 0.6 is 11.6 Å². The number of anilines is 1. The fourth-order valence-corrected chi connectivity index (χ4v) is 2.80. The van der Waals surface area contributed by atoms with E-state index in [4.69, 9.17) is 17.3 Å². The first-order valence-corrected chi connectivity index (χ1v) is 6.78. The first-order chi connectivity index (χ1) is 9.15. The molecule has 0 atom stereocenters. The minimum absolute atomic E-state index is 0.0502. The lowest BCUT2D eigenvalue weighted by atomic mass is 10.1. The summed E-state index contributed by atoms with van der Waals surface area (Å²) in [7, 11) is 0. The monoisotopic (exact) mass is 274 g/mol. The quantitative estimate of drug-likeness (QED) is 0.856. The molecule has 0 saturated heterocycles. The number of hydrogen-bond donors (Lipinski definition) is 1. The highest BCUT2D eigenvalue weighted by atomic mass is 35.5. The maximum absolute atomic E-state index is 12.0. The summed E-state index contributed by atoms with van der Waals surface area (Å²) in [5, 5.41) is 0.550. The van der Waals surface area contributed by atoms with Gasteiger partial charge in [-0.1, -0.05) is 23.7 Å². The molecule has 0 aliphatic heterocycles. The van der Waals surface area contributed by atoms with E-state index in [2.05, 4.69) is 0 Å². The van der Waals surface area contributed by atoms with Gasteiger partial charge in [0.05, 0.1) is 17.3 Å². The highest BCUT2D eigenvalue weighted by Crippen LogP contribution is 2.23. The molecule has 0 radical (unpaired) electrons. The van der Waals surface area contributed by atoms with Crippen molar-refractivity contribution in [3.8, 4) is 0 Å². The average Bonchev–Trinajstić information content (AvgIpc) is 2.86. The Morgan fingerprint density at radius 3 is 2.84 bits per heavy atom. The molecule has 0 saturated carbocycles. The van der Waals surface area contributed by atoms with Gasteiger partial charge in [-0.25, -0.2) is 0 Å². The van der Waals surface area contributed by atoms with Crippen molar-refractivity contribution in [2.24, 2.45) is 0 Å². The first-order valence-electron chi connectivity index (χ1n) is 6.40. The van der Waals surface area contributed by atoms with E-state index in [0.29, 0.717) is 17.3 Å². The third-order valence-electron chi connectivity index (χ3n) is 3.65. The number of aromatic nitrogens is 1. The molecule has 1 aromatic heterocycles. The number of rotatable bonds is 2. The molecule has 1 aromatic carbocycles. The molecule has 2 aromatic rings. The van der Waals surface area contributed by atoms with Gasteiger partial charge in [0.25, 0.3) is 5.56 Å². The van der Waals surface area contributed by atoms with E-state index in [1.807, 2.05) is 22.8 Å². The molecule has 1 aliphatic rings. The number of aryl methyl sites for hydroxylation is 1. The van der Waals surface area contributed by atoms with Gasteiger partial charge in [0, 0.05) is 11.8 Å². The maximum atomic E-state index is 12.0. The third kappa shape index (κ3) is 2.26. The van der Waals surface area contributed by atoms with Crippen LogP contribution in [0.3, 0.4) is 0 Å². The van der Waals surface area contributed by atoms with Gasteiger partial charge in [-0.3, -0.25) is 4.79 Å². The van der Waals surface area contributed by atoms with Crippen molar-refractivity contribution in [3.63, 3.8) is 0 Å². The lowest BCUT2D eigenvalue weighted by Crippen LogP contribution is -2.23. The fourth-order valence-electron chi connectivity index (χ4n) is 2.68. The molecule has 4 heteroatoms. The van der Waals surface area contributed by atoms with Crippen molar-refractivity contribution < 1.29 is 0 Å². The summed E-state index contributed by atoms with van der Waals surface area (Å²) in [6, 6.07) is 9.14. The smallest absolute Gasteiger partial charge is 0.251 e. The lowest BCUT2D eigenvalue weighted by Gasteiger charge is -2.12. The second kappa shape index (κ2) is 4.74. The zero-order valence-electron chi connectivity index (χ0n) is 10.5. The molecular formula is C15H15ClN2O. The standard InChI is InChI=1S/C15H15ClN2O/c16-12-6-4-10(8-13(12)17)9-18-14-3-1-2-11(14)5-7-15(18)19/h4-8H,1-3,9,17H2. The molecule has 2 N–H and O–H groups in total. The first kappa shape index (κ1) is 12.3. The van der Waals surface area contributed by atoms with Gasteiger partial charge in [-0.2, -0.15) is 0 Å². The van der Waals surface area contributed by atoms with E-state index < -0.39 is 0 Å². The molecular weight excluding hydrogens is 260 g/mol. The molecule has 98 valence electrons.